The first-order valence-corrected chi connectivity index (χ1v) is 8.53. The number of imidazole rings is 1. The Labute approximate surface area is 148 Å². The van der Waals surface area contributed by atoms with E-state index in [0.717, 1.165) is 22.4 Å². The number of para-hydroxylation sites is 2. The van der Waals surface area contributed by atoms with Gasteiger partial charge >= 0.3 is 0 Å². The van der Waals surface area contributed by atoms with Crippen LogP contribution in [0.15, 0.2) is 54.6 Å². The molecule has 0 aliphatic rings. The van der Waals surface area contributed by atoms with Gasteiger partial charge in [-0.2, -0.15) is 0 Å². The zero-order chi connectivity index (χ0) is 17.8. The molecule has 3 rings (SSSR count). The minimum atomic E-state index is -0.287. The quantitative estimate of drug-likeness (QED) is 0.727. The molecule has 0 aliphatic carbocycles. The fourth-order valence-corrected chi connectivity index (χ4v) is 3.05. The van der Waals surface area contributed by atoms with Gasteiger partial charge in [-0.05, 0) is 24.7 Å². The summed E-state index contributed by atoms with van der Waals surface area (Å²) in [6.07, 6.45) is 0. The maximum Gasteiger partial charge on any atom is 0.224 e. The minimum Gasteiger partial charge on any atom is -0.342 e. The first-order chi connectivity index (χ1) is 12.1. The van der Waals surface area contributed by atoms with Gasteiger partial charge in [0.05, 0.1) is 11.0 Å². The van der Waals surface area contributed by atoms with Crippen LogP contribution in [0.4, 0.5) is 0 Å². The molecule has 5 heteroatoms. The molecule has 0 saturated carbocycles. The predicted molar refractivity (Wildman–Crippen MR) is 100 cm³/mol. The Morgan fingerprint density at radius 2 is 1.80 bits per heavy atom. The van der Waals surface area contributed by atoms with Crippen molar-refractivity contribution in [2.45, 2.75) is 13.0 Å². The fraction of sp³-hybridized carbons (Fsp3) is 0.300. The van der Waals surface area contributed by atoms with E-state index in [1.54, 1.807) is 0 Å². The monoisotopic (exact) mass is 336 g/mol. The molecule has 1 aromatic heterocycles. The van der Waals surface area contributed by atoms with Crippen molar-refractivity contribution in [3.63, 3.8) is 0 Å². The van der Waals surface area contributed by atoms with Crippen molar-refractivity contribution < 1.29 is 4.79 Å². The van der Waals surface area contributed by atoms with Crippen LogP contribution in [0.3, 0.4) is 0 Å². The Kier molecular flexibility index (Phi) is 5.14. The number of nitrogens with zero attached hydrogens (tertiary/aromatic N) is 2. The van der Waals surface area contributed by atoms with Crippen molar-refractivity contribution in [2.75, 3.05) is 13.6 Å². The topological polar surface area (TPSA) is 59.0 Å². The molecule has 130 valence electrons. The molecule has 0 fully saturated rings. The second-order valence-corrected chi connectivity index (χ2v) is 6.33. The predicted octanol–water partition coefficient (Wildman–Crippen LogP) is 2.63. The Morgan fingerprint density at radius 3 is 2.48 bits per heavy atom. The molecular formula is C20H24N4O. The lowest BCUT2D eigenvalue weighted by Gasteiger charge is -2.21. The second kappa shape index (κ2) is 7.49. The van der Waals surface area contributed by atoms with Crippen LogP contribution in [0.1, 0.15) is 24.4 Å². The third kappa shape index (κ3) is 3.56. The number of carbonyl (C=O) groups is 1. The Balaban J connectivity index is 2.01. The van der Waals surface area contributed by atoms with Gasteiger partial charge in [-0.25, -0.2) is 4.98 Å². The molecule has 2 unspecified atom stereocenters. The first-order valence-electron chi connectivity index (χ1n) is 8.53. The maximum absolute atomic E-state index is 12.6. The summed E-state index contributed by atoms with van der Waals surface area (Å²) in [4.78, 5) is 17.4. The van der Waals surface area contributed by atoms with Crippen LogP contribution in [0.5, 0.6) is 0 Å². The third-order valence-corrected chi connectivity index (χ3v) is 4.46. The van der Waals surface area contributed by atoms with E-state index in [9.17, 15) is 4.79 Å². The van der Waals surface area contributed by atoms with E-state index >= 15 is 0 Å². The number of fused-ring (bicyclic) bond motifs is 1. The van der Waals surface area contributed by atoms with Crippen molar-refractivity contribution in [3.05, 3.63) is 66.0 Å². The van der Waals surface area contributed by atoms with Gasteiger partial charge < -0.3 is 15.2 Å². The molecule has 3 aromatic rings. The number of aromatic nitrogens is 2. The Hall–Kier alpha value is -2.66. The zero-order valence-corrected chi connectivity index (χ0v) is 14.9. The lowest BCUT2D eigenvalue weighted by atomic mass is 10.0. The highest BCUT2D eigenvalue weighted by Crippen LogP contribution is 2.25. The van der Waals surface area contributed by atoms with Crippen LogP contribution in [0.2, 0.25) is 0 Å². The van der Waals surface area contributed by atoms with Crippen LogP contribution in [-0.2, 0) is 11.8 Å². The lowest BCUT2D eigenvalue weighted by Crippen LogP contribution is -2.38. The number of hydrogen-bond donors (Lipinski definition) is 2. The number of hydrogen-bond acceptors (Lipinski definition) is 3. The molecule has 1 heterocycles. The average Bonchev–Trinajstić information content (AvgIpc) is 2.97. The van der Waals surface area contributed by atoms with Gasteiger partial charge in [0.25, 0.3) is 0 Å². The van der Waals surface area contributed by atoms with E-state index in [1.807, 2.05) is 75.6 Å². The standard InChI is InChI=1S/C20H24N4O/c1-14(13-21-2)20(25)23-18(15-9-5-4-6-10-15)19-22-16-11-7-8-12-17(16)24(19)3/h4-12,14,18,21H,13H2,1-3H3,(H,23,25). The molecule has 2 atom stereocenters. The highest BCUT2D eigenvalue weighted by atomic mass is 16.2. The van der Waals surface area contributed by atoms with Gasteiger partial charge in [0, 0.05) is 19.5 Å². The molecule has 0 radical (unpaired) electrons. The number of rotatable bonds is 6. The van der Waals surface area contributed by atoms with Crippen molar-refractivity contribution in [1.82, 2.24) is 20.2 Å². The third-order valence-electron chi connectivity index (χ3n) is 4.46. The summed E-state index contributed by atoms with van der Waals surface area (Å²) in [7, 11) is 3.84. The number of amides is 1. The summed E-state index contributed by atoms with van der Waals surface area (Å²) in [5.41, 5.74) is 3.00. The van der Waals surface area contributed by atoms with Gasteiger partial charge in [-0.3, -0.25) is 4.79 Å². The first kappa shape index (κ1) is 17.2. The highest BCUT2D eigenvalue weighted by molar-refractivity contribution is 5.80. The molecule has 2 aromatic carbocycles. The smallest absolute Gasteiger partial charge is 0.224 e. The van der Waals surface area contributed by atoms with E-state index in [4.69, 9.17) is 4.98 Å². The average molecular weight is 336 g/mol. The van der Waals surface area contributed by atoms with Crippen molar-refractivity contribution in [2.24, 2.45) is 13.0 Å². The van der Waals surface area contributed by atoms with E-state index < -0.39 is 0 Å². The molecular weight excluding hydrogens is 312 g/mol. The van der Waals surface area contributed by atoms with Gasteiger partial charge in [0.15, 0.2) is 0 Å². The summed E-state index contributed by atoms with van der Waals surface area (Å²) in [5.74, 6) is 0.721. The zero-order valence-electron chi connectivity index (χ0n) is 14.9. The number of carbonyl (C=O) groups excluding carboxylic acids is 1. The maximum atomic E-state index is 12.6. The van der Waals surface area contributed by atoms with E-state index in [0.29, 0.717) is 6.54 Å². The van der Waals surface area contributed by atoms with Crippen LogP contribution >= 0.6 is 0 Å². The molecule has 2 N–H and O–H groups in total. The summed E-state index contributed by atoms with van der Waals surface area (Å²) in [6.45, 7) is 2.55. The lowest BCUT2D eigenvalue weighted by molar-refractivity contribution is -0.124. The SMILES string of the molecule is CNCC(C)C(=O)NC(c1ccccc1)c1nc2ccccc2n1C. The van der Waals surface area contributed by atoms with Gasteiger partial charge in [0.2, 0.25) is 5.91 Å². The normalized spacial score (nSPS) is 13.6. The molecule has 0 bridgehead atoms. The molecule has 1 amide bonds. The van der Waals surface area contributed by atoms with Crippen molar-refractivity contribution in [3.8, 4) is 0 Å². The molecule has 0 spiro atoms. The molecule has 5 nitrogen and oxygen atoms in total. The van der Waals surface area contributed by atoms with E-state index in [-0.39, 0.29) is 17.9 Å². The molecule has 0 saturated heterocycles. The van der Waals surface area contributed by atoms with Gasteiger partial charge in [-0.1, -0.05) is 49.4 Å². The van der Waals surface area contributed by atoms with Gasteiger partial charge in [-0.15, -0.1) is 0 Å². The van der Waals surface area contributed by atoms with Crippen LogP contribution in [0, 0.1) is 5.92 Å². The van der Waals surface area contributed by atoms with Crippen molar-refractivity contribution in [1.29, 1.82) is 0 Å². The summed E-state index contributed by atoms with van der Waals surface area (Å²) in [6, 6.07) is 17.7. The van der Waals surface area contributed by atoms with E-state index in [2.05, 4.69) is 15.2 Å². The summed E-state index contributed by atoms with van der Waals surface area (Å²) < 4.78 is 2.05. The minimum absolute atomic E-state index is 0.00950. The number of nitrogens with one attached hydrogen (secondary N) is 2. The fourth-order valence-electron chi connectivity index (χ4n) is 3.05. The molecule has 0 aliphatic heterocycles. The highest BCUT2D eigenvalue weighted by Gasteiger charge is 2.24. The number of aryl methyl sites for hydroxylation is 1. The molecule has 25 heavy (non-hydrogen) atoms. The summed E-state index contributed by atoms with van der Waals surface area (Å²) in [5, 5.41) is 6.23. The van der Waals surface area contributed by atoms with Gasteiger partial charge in [0.1, 0.15) is 11.9 Å². The van der Waals surface area contributed by atoms with Crippen LogP contribution in [-0.4, -0.2) is 29.1 Å². The van der Waals surface area contributed by atoms with E-state index in [1.165, 1.54) is 0 Å². The summed E-state index contributed by atoms with van der Waals surface area (Å²) >= 11 is 0. The van der Waals surface area contributed by atoms with Crippen molar-refractivity contribution >= 4 is 16.9 Å². The number of benzene rings is 2. The Bertz CT molecular complexity index is 857. The second-order valence-electron chi connectivity index (χ2n) is 6.33. The largest absolute Gasteiger partial charge is 0.342 e. The Morgan fingerprint density at radius 1 is 1.12 bits per heavy atom. The van der Waals surface area contributed by atoms with Crippen LogP contribution < -0.4 is 10.6 Å². The van der Waals surface area contributed by atoms with Crippen LogP contribution in [0.25, 0.3) is 11.0 Å².